The third-order valence-corrected chi connectivity index (χ3v) is 4.63. The Labute approximate surface area is 194 Å². The van der Waals surface area contributed by atoms with Crippen LogP contribution in [0, 0.1) is 5.92 Å². The molecule has 3 rings (SSSR count). The fourth-order valence-corrected chi connectivity index (χ4v) is 3.34. The second-order valence-electron chi connectivity index (χ2n) is 7.87. The molecule has 0 spiro atoms. The van der Waals surface area contributed by atoms with Crippen molar-refractivity contribution in [3.8, 4) is 11.5 Å². The number of carbonyl (C=O) groups excluding carboxylic acids is 3. The van der Waals surface area contributed by atoms with Gasteiger partial charge in [0, 0.05) is 11.4 Å². The van der Waals surface area contributed by atoms with Crippen molar-refractivity contribution in [3.63, 3.8) is 0 Å². The molecule has 0 bridgehead atoms. The van der Waals surface area contributed by atoms with Crippen LogP contribution in [0.25, 0.3) is 0 Å². The molecular weight excluding hydrogens is 418 g/mol. The number of hydrogen-bond acceptors (Lipinski definition) is 6. The lowest BCUT2D eigenvalue weighted by Crippen LogP contribution is -2.44. The van der Waals surface area contributed by atoms with Gasteiger partial charge in [0.15, 0.2) is 0 Å². The maximum Gasteiger partial charge on any atom is 0.373 e. The number of benzene rings is 3. The molecule has 6 heteroatoms. The maximum absolute atomic E-state index is 13.0. The number of esters is 1. The summed E-state index contributed by atoms with van der Waals surface area (Å²) in [5, 5.41) is 0. The SMILES string of the molecule is CC(C)OC(=O)C(C(C)C)N(c1ccccc1)c1ccc(Oc2ccccc2)cc1.O=C=O. The summed E-state index contributed by atoms with van der Waals surface area (Å²) >= 11 is 0. The normalized spacial score (nSPS) is 11.1. The summed E-state index contributed by atoms with van der Waals surface area (Å²) in [5.41, 5.74) is 1.84. The summed E-state index contributed by atoms with van der Waals surface area (Å²) in [7, 11) is 0. The molecule has 0 saturated carbocycles. The Hall–Kier alpha value is -3.89. The molecule has 0 aromatic heterocycles. The number of carbonyl (C=O) groups is 1. The molecule has 172 valence electrons. The molecule has 33 heavy (non-hydrogen) atoms. The average molecular weight is 448 g/mol. The van der Waals surface area contributed by atoms with E-state index in [0.29, 0.717) is 0 Å². The van der Waals surface area contributed by atoms with Gasteiger partial charge in [-0.2, -0.15) is 9.59 Å². The van der Waals surface area contributed by atoms with Crippen LogP contribution >= 0.6 is 0 Å². The molecular formula is C27H29NO5. The van der Waals surface area contributed by atoms with Crippen molar-refractivity contribution >= 4 is 23.5 Å². The van der Waals surface area contributed by atoms with Crippen LogP contribution < -0.4 is 9.64 Å². The highest BCUT2D eigenvalue weighted by Crippen LogP contribution is 2.33. The van der Waals surface area contributed by atoms with Crippen molar-refractivity contribution in [2.75, 3.05) is 4.90 Å². The molecule has 3 aromatic carbocycles. The molecule has 0 aliphatic heterocycles. The van der Waals surface area contributed by atoms with Crippen LogP contribution in [0.3, 0.4) is 0 Å². The van der Waals surface area contributed by atoms with Crippen molar-refractivity contribution < 1.29 is 23.9 Å². The molecule has 0 fully saturated rings. The molecule has 0 radical (unpaired) electrons. The van der Waals surface area contributed by atoms with Crippen LogP contribution in [0.2, 0.25) is 0 Å². The van der Waals surface area contributed by atoms with Crippen LogP contribution in [-0.2, 0) is 19.1 Å². The van der Waals surface area contributed by atoms with Crippen LogP contribution in [0.1, 0.15) is 27.7 Å². The van der Waals surface area contributed by atoms with Crippen LogP contribution in [0.15, 0.2) is 84.9 Å². The van der Waals surface area contributed by atoms with Crippen molar-refractivity contribution in [1.29, 1.82) is 0 Å². The number of anilines is 2. The highest BCUT2D eigenvalue weighted by Gasteiger charge is 2.32. The highest BCUT2D eigenvalue weighted by atomic mass is 16.5. The van der Waals surface area contributed by atoms with Gasteiger partial charge in [0.2, 0.25) is 0 Å². The first kappa shape index (κ1) is 25.4. The zero-order chi connectivity index (χ0) is 24.2. The van der Waals surface area contributed by atoms with Gasteiger partial charge in [0.1, 0.15) is 17.5 Å². The molecule has 0 amide bonds. The van der Waals surface area contributed by atoms with Gasteiger partial charge >= 0.3 is 12.1 Å². The molecule has 6 nitrogen and oxygen atoms in total. The Morgan fingerprint density at radius 1 is 0.727 bits per heavy atom. The minimum atomic E-state index is -0.448. The molecule has 0 aliphatic rings. The van der Waals surface area contributed by atoms with Gasteiger partial charge in [-0.3, -0.25) is 0 Å². The lowest BCUT2D eigenvalue weighted by atomic mass is 10.0. The molecule has 0 aliphatic carbocycles. The summed E-state index contributed by atoms with van der Waals surface area (Å²) in [5.74, 6) is 1.35. The van der Waals surface area contributed by atoms with Crippen molar-refractivity contribution in [2.24, 2.45) is 5.92 Å². The molecule has 0 heterocycles. The highest BCUT2D eigenvalue weighted by molar-refractivity contribution is 5.84. The number of rotatable bonds is 8. The average Bonchev–Trinajstić information content (AvgIpc) is 2.79. The van der Waals surface area contributed by atoms with E-state index in [0.717, 1.165) is 22.9 Å². The maximum atomic E-state index is 13.0. The standard InChI is InChI=1S/C26H29NO3.CO2/c1-19(2)25(26(28)29-20(3)4)27(21-11-7-5-8-12-21)22-15-17-24(18-16-22)30-23-13-9-6-10-14-23;2-1-3/h5-20,25H,1-4H3;. The first-order chi connectivity index (χ1) is 15.9. The molecule has 1 atom stereocenters. The topological polar surface area (TPSA) is 72.9 Å². The first-order valence-corrected chi connectivity index (χ1v) is 10.7. The van der Waals surface area contributed by atoms with Crippen molar-refractivity contribution in [1.82, 2.24) is 0 Å². The van der Waals surface area contributed by atoms with Gasteiger partial charge in [0.25, 0.3) is 0 Å². The second kappa shape index (κ2) is 12.8. The zero-order valence-electron chi connectivity index (χ0n) is 19.3. The quantitative estimate of drug-likeness (QED) is 0.394. The predicted molar refractivity (Wildman–Crippen MR) is 126 cm³/mol. The second-order valence-corrected chi connectivity index (χ2v) is 7.87. The molecule has 0 saturated heterocycles. The van der Waals surface area contributed by atoms with E-state index >= 15 is 0 Å². The third kappa shape index (κ3) is 7.63. The van der Waals surface area contributed by atoms with Gasteiger partial charge in [-0.15, -0.1) is 0 Å². The van der Waals surface area contributed by atoms with Crippen LogP contribution in [0.4, 0.5) is 11.4 Å². The van der Waals surface area contributed by atoms with E-state index in [9.17, 15) is 4.79 Å². The van der Waals surface area contributed by atoms with Crippen LogP contribution in [-0.4, -0.2) is 24.3 Å². The summed E-state index contributed by atoms with van der Waals surface area (Å²) in [6.07, 6.45) is 0.0815. The lowest BCUT2D eigenvalue weighted by molar-refractivity contribution is -0.191. The van der Waals surface area contributed by atoms with E-state index < -0.39 is 6.04 Å². The number of hydrogen-bond donors (Lipinski definition) is 0. The fraction of sp³-hybridized carbons (Fsp3) is 0.259. The van der Waals surface area contributed by atoms with Crippen molar-refractivity contribution in [2.45, 2.75) is 39.8 Å². The van der Waals surface area contributed by atoms with E-state index in [1.807, 2.05) is 118 Å². The van der Waals surface area contributed by atoms with Gasteiger partial charge in [-0.1, -0.05) is 50.2 Å². The summed E-state index contributed by atoms with van der Waals surface area (Å²) < 4.78 is 11.5. The van der Waals surface area contributed by atoms with E-state index in [4.69, 9.17) is 19.1 Å². The number of ether oxygens (including phenoxy) is 2. The summed E-state index contributed by atoms with van der Waals surface area (Å²) in [4.78, 5) is 31.3. The monoisotopic (exact) mass is 447 g/mol. The Bertz CT molecular complexity index is 1010. The largest absolute Gasteiger partial charge is 0.461 e. The smallest absolute Gasteiger partial charge is 0.373 e. The summed E-state index contributed by atoms with van der Waals surface area (Å²) in [6, 6.07) is 26.9. The first-order valence-electron chi connectivity index (χ1n) is 10.7. The molecule has 1 unspecified atom stereocenters. The lowest BCUT2D eigenvalue weighted by Gasteiger charge is -2.35. The fourth-order valence-electron chi connectivity index (χ4n) is 3.34. The van der Waals surface area contributed by atoms with Gasteiger partial charge in [-0.05, 0) is 68.3 Å². The van der Waals surface area contributed by atoms with E-state index in [-0.39, 0.29) is 24.1 Å². The summed E-state index contributed by atoms with van der Waals surface area (Å²) in [6.45, 7) is 7.82. The van der Waals surface area contributed by atoms with E-state index in [1.165, 1.54) is 0 Å². The Morgan fingerprint density at radius 2 is 1.18 bits per heavy atom. The minimum Gasteiger partial charge on any atom is -0.461 e. The van der Waals surface area contributed by atoms with E-state index in [2.05, 4.69) is 0 Å². The Morgan fingerprint density at radius 3 is 1.67 bits per heavy atom. The van der Waals surface area contributed by atoms with E-state index in [1.54, 1.807) is 0 Å². The number of nitrogens with zero attached hydrogens (tertiary/aromatic N) is 1. The molecule has 3 aromatic rings. The Kier molecular flexibility index (Phi) is 9.87. The van der Waals surface area contributed by atoms with Crippen molar-refractivity contribution in [3.05, 3.63) is 84.9 Å². The third-order valence-electron chi connectivity index (χ3n) is 4.63. The predicted octanol–water partition coefficient (Wildman–Crippen LogP) is 6.01. The zero-order valence-corrected chi connectivity index (χ0v) is 19.3. The molecule has 0 N–H and O–H groups in total. The Balaban J connectivity index is 0.00000122. The van der Waals surface area contributed by atoms with Crippen LogP contribution in [0.5, 0.6) is 11.5 Å². The van der Waals surface area contributed by atoms with Gasteiger partial charge in [-0.25, -0.2) is 4.79 Å². The van der Waals surface area contributed by atoms with Gasteiger partial charge < -0.3 is 14.4 Å². The van der Waals surface area contributed by atoms with Gasteiger partial charge in [0.05, 0.1) is 6.10 Å². The number of para-hydroxylation sites is 2. The minimum absolute atomic E-state index is 0.0525.